The van der Waals surface area contributed by atoms with Crippen molar-refractivity contribution < 1.29 is 8.94 Å². The summed E-state index contributed by atoms with van der Waals surface area (Å²) in [5.41, 5.74) is 0. The van der Waals surface area contributed by atoms with Crippen LogP contribution in [0.4, 0.5) is 0 Å². The van der Waals surface area contributed by atoms with Gasteiger partial charge in [-0.05, 0) is 32.5 Å². The lowest BCUT2D eigenvalue weighted by atomic mass is 10.2. The molecule has 2 aromatic rings. The first kappa shape index (κ1) is 13.8. The second-order valence-corrected chi connectivity index (χ2v) is 4.89. The van der Waals surface area contributed by atoms with Gasteiger partial charge in [0.15, 0.2) is 5.82 Å². The average Bonchev–Trinajstić information content (AvgIpc) is 2.96. The number of nitrogens with zero attached hydrogens (tertiary/aromatic N) is 3. The lowest BCUT2D eigenvalue weighted by Crippen LogP contribution is -2.17. The van der Waals surface area contributed by atoms with E-state index in [2.05, 4.69) is 22.0 Å². The van der Waals surface area contributed by atoms with Gasteiger partial charge in [0.25, 0.3) is 0 Å². The molecule has 5 nitrogen and oxygen atoms in total. The lowest BCUT2D eigenvalue weighted by molar-refractivity contribution is 0.242. The van der Waals surface area contributed by atoms with Crippen molar-refractivity contribution in [2.75, 3.05) is 7.05 Å². The van der Waals surface area contributed by atoms with Crippen LogP contribution in [0.25, 0.3) is 0 Å². The van der Waals surface area contributed by atoms with Gasteiger partial charge >= 0.3 is 0 Å². The van der Waals surface area contributed by atoms with E-state index in [1.807, 2.05) is 26.1 Å². The third kappa shape index (κ3) is 4.21. The molecule has 2 heterocycles. The number of hydrogen-bond acceptors (Lipinski definition) is 5. The molecule has 0 amide bonds. The third-order valence-electron chi connectivity index (χ3n) is 2.89. The van der Waals surface area contributed by atoms with E-state index in [0.29, 0.717) is 12.4 Å². The SMILES string of the molecule is CCCCc1noc(CN(C)Cc2ccc(C)o2)n1. The van der Waals surface area contributed by atoms with E-state index >= 15 is 0 Å². The summed E-state index contributed by atoms with van der Waals surface area (Å²) in [6.45, 7) is 5.47. The Morgan fingerprint density at radius 2 is 2.11 bits per heavy atom. The fourth-order valence-corrected chi connectivity index (χ4v) is 1.91. The Hall–Kier alpha value is -1.62. The van der Waals surface area contributed by atoms with Gasteiger partial charge in [0.1, 0.15) is 11.5 Å². The summed E-state index contributed by atoms with van der Waals surface area (Å²) < 4.78 is 10.8. The van der Waals surface area contributed by atoms with Gasteiger partial charge in [0, 0.05) is 6.42 Å². The highest BCUT2D eigenvalue weighted by Gasteiger charge is 2.10. The summed E-state index contributed by atoms with van der Waals surface area (Å²) in [4.78, 5) is 6.48. The van der Waals surface area contributed by atoms with E-state index in [0.717, 1.165) is 43.2 Å². The maximum absolute atomic E-state index is 5.54. The zero-order valence-corrected chi connectivity index (χ0v) is 11.8. The molecule has 0 saturated heterocycles. The van der Waals surface area contributed by atoms with E-state index in [4.69, 9.17) is 8.94 Å². The van der Waals surface area contributed by atoms with E-state index in [1.54, 1.807) is 0 Å². The minimum absolute atomic E-state index is 0.638. The maximum Gasteiger partial charge on any atom is 0.240 e. The average molecular weight is 263 g/mol. The van der Waals surface area contributed by atoms with Crippen molar-refractivity contribution in [3.63, 3.8) is 0 Å². The molecule has 0 aliphatic rings. The molecule has 0 unspecified atom stereocenters. The second-order valence-electron chi connectivity index (χ2n) is 4.89. The van der Waals surface area contributed by atoms with Crippen molar-refractivity contribution in [2.45, 2.75) is 46.2 Å². The van der Waals surface area contributed by atoms with Crippen molar-refractivity contribution in [1.82, 2.24) is 15.0 Å². The van der Waals surface area contributed by atoms with Crippen LogP contribution in [0.3, 0.4) is 0 Å². The van der Waals surface area contributed by atoms with Crippen LogP contribution in [0.1, 0.15) is 43.0 Å². The Labute approximate surface area is 113 Å². The van der Waals surface area contributed by atoms with Crippen molar-refractivity contribution >= 4 is 0 Å². The van der Waals surface area contributed by atoms with Gasteiger partial charge in [-0.25, -0.2) is 0 Å². The Balaban J connectivity index is 1.84. The van der Waals surface area contributed by atoms with E-state index in [9.17, 15) is 0 Å². The highest BCUT2D eigenvalue weighted by molar-refractivity contribution is 5.05. The zero-order chi connectivity index (χ0) is 13.7. The number of rotatable bonds is 7. The zero-order valence-electron chi connectivity index (χ0n) is 11.8. The van der Waals surface area contributed by atoms with E-state index in [-0.39, 0.29) is 0 Å². The predicted molar refractivity (Wildman–Crippen MR) is 71.5 cm³/mol. The van der Waals surface area contributed by atoms with Crippen molar-refractivity contribution in [3.05, 3.63) is 35.4 Å². The molecular formula is C14H21N3O2. The normalized spacial score (nSPS) is 11.4. The number of furan rings is 1. The molecule has 0 N–H and O–H groups in total. The molecular weight excluding hydrogens is 242 g/mol. The van der Waals surface area contributed by atoms with Crippen LogP contribution >= 0.6 is 0 Å². The summed E-state index contributed by atoms with van der Waals surface area (Å²) in [7, 11) is 2.01. The molecule has 0 aliphatic carbocycles. The smallest absolute Gasteiger partial charge is 0.240 e. The van der Waals surface area contributed by atoms with Crippen LogP contribution < -0.4 is 0 Å². The number of aromatic nitrogens is 2. The molecule has 5 heteroatoms. The van der Waals surface area contributed by atoms with Gasteiger partial charge < -0.3 is 8.94 Å². The fraction of sp³-hybridized carbons (Fsp3) is 0.571. The molecule has 19 heavy (non-hydrogen) atoms. The van der Waals surface area contributed by atoms with Crippen LogP contribution in [0, 0.1) is 6.92 Å². The monoisotopic (exact) mass is 263 g/mol. The summed E-state index contributed by atoms with van der Waals surface area (Å²) in [6.07, 6.45) is 3.13. The van der Waals surface area contributed by atoms with Crippen LogP contribution in [-0.2, 0) is 19.5 Å². The van der Waals surface area contributed by atoms with Crippen LogP contribution in [-0.4, -0.2) is 22.1 Å². The Morgan fingerprint density at radius 3 is 2.79 bits per heavy atom. The maximum atomic E-state index is 5.54. The first-order valence-electron chi connectivity index (χ1n) is 6.72. The van der Waals surface area contributed by atoms with Crippen LogP contribution in [0.2, 0.25) is 0 Å². The molecule has 0 radical (unpaired) electrons. The third-order valence-corrected chi connectivity index (χ3v) is 2.89. The van der Waals surface area contributed by atoms with Crippen molar-refractivity contribution in [1.29, 1.82) is 0 Å². The standard InChI is InChI=1S/C14H21N3O2/c1-4-5-6-13-15-14(19-16-13)10-17(3)9-12-8-7-11(2)18-12/h7-8H,4-6,9-10H2,1-3H3. The number of hydrogen-bond donors (Lipinski definition) is 0. The Bertz CT molecular complexity index is 504. The molecule has 104 valence electrons. The lowest BCUT2D eigenvalue weighted by Gasteiger charge is -2.11. The quantitative estimate of drug-likeness (QED) is 0.768. The van der Waals surface area contributed by atoms with Gasteiger partial charge in [-0.15, -0.1) is 0 Å². The highest BCUT2D eigenvalue weighted by atomic mass is 16.5. The molecule has 0 atom stereocenters. The summed E-state index contributed by atoms with van der Waals surface area (Å²) in [5, 5.41) is 3.98. The molecule has 2 rings (SSSR count). The molecule has 0 bridgehead atoms. The minimum Gasteiger partial charge on any atom is -0.465 e. The largest absolute Gasteiger partial charge is 0.465 e. The van der Waals surface area contributed by atoms with E-state index in [1.165, 1.54) is 0 Å². The summed E-state index contributed by atoms with van der Waals surface area (Å²) >= 11 is 0. The molecule has 0 fully saturated rings. The van der Waals surface area contributed by atoms with E-state index < -0.39 is 0 Å². The topological polar surface area (TPSA) is 55.3 Å². The van der Waals surface area contributed by atoms with Gasteiger partial charge in [0.05, 0.1) is 13.1 Å². The predicted octanol–water partition coefficient (Wildman–Crippen LogP) is 2.95. The Morgan fingerprint density at radius 1 is 1.26 bits per heavy atom. The molecule has 0 spiro atoms. The second kappa shape index (κ2) is 6.52. The highest BCUT2D eigenvalue weighted by Crippen LogP contribution is 2.11. The minimum atomic E-state index is 0.638. The molecule has 0 aliphatic heterocycles. The van der Waals surface area contributed by atoms with Gasteiger partial charge in [-0.2, -0.15) is 4.98 Å². The molecule has 2 aromatic heterocycles. The van der Waals surface area contributed by atoms with Crippen molar-refractivity contribution in [3.8, 4) is 0 Å². The molecule has 0 aromatic carbocycles. The van der Waals surface area contributed by atoms with Gasteiger partial charge in [0.2, 0.25) is 5.89 Å². The number of unbranched alkanes of at least 4 members (excludes halogenated alkanes) is 1. The van der Waals surface area contributed by atoms with Gasteiger partial charge in [-0.1, -0.05) is 18.5 Å². The summed E-state index contributed by atoms with van der Waals surface area (Å²) in [5.74, 6) is 3.35. The number of aryl methyl sites for hydroxylation is 2. The first-order chi connectivity index (χ1) is 9.17. The Kier molecular flexibility index (Phi) is 4.74. The van der Waals surface area contributed by atoms with Crippen LogP contribution in [0.5, 0.6) is 0 Å². The van der Waals surface area contributed by atoms with Crippen LogP contribution in [0.15, 0.2) is 21.1 Å². The first-order valence-corrected chi connectivity index (χ1v) is 6.72. The van der Waals surface area contributed by atoms with Crippen molar-refractivity contribution in [2.24, 2.45) is 0 Å². The fourth-order valence-electron chi connectivity index (χ4n) is 1.91. The van der Waals surface area contributed by atoms with Gasteiger partial charge in [-0.3, -0.25) is 4.90 Å². The summed E-state index contributed by atoms with van der Waals surface area (Å²) in [6, 6.07) is 3.96. The molecule has 0 saturated carbocycles.